The number of nitrogens with one attached hydrogen (secondary N) is 1. The molecule has 21 heavy (non-hydrogen) atoms. The van der Waals surface area contributed by atoms with E-state index in [4.69, 9.17) is 0 Å². The Balaban J connectivity index is 1.47. The van der Waals surface area contributed by atoms with Crippen molar-refractivity contribution in [3.05, 3.63) is 18.2 Å². The van der Waals surface area contributed by atoms with E-state index in [2.05, 4.69) is 21.8 Å². The zero-order valence-electron chi connectivity index (χ0n) is 12.9. The fraction of sp³-hybridized carbons (Fsp3) is 0.750. The minimum Gasteiger partial charge on any atom is -0.348 e. The van der Waals surface area contributed by atoms with Crippen LogP contribution in [0.1, 0.15) is 38.3 Å². The van der Waals surface area contributed by atoms with E-state index >= 15 is 0 Å². The van der Waals surface area contributed by atoms with Gasteiger partial charge in [-0.3, -0.25) is 4.79 Å². The standard InChI is InChI=1S/C16H26N4O/c1-13(19-6-2-3-7-19)14-4-8-20(9-5-14)16(21)10-15-11-17-12-18-15/h11-14H,2-10H2,1H3,(H,17,18)/t13-/m1/s1. The summed E-state index contributed by atoms with van der Waals surface area (Å²) in [5, 5.41) is 0. The van der Waals surface area contributed by atoms with Gasteiger partial charge in [0.15, 0.2) is 0 Å². The van der Waals surface area contributed by atoms with Gasteiger partial charge < -0.3 is 14.8 Å². The first kappa shape index (κ1) is 14.6. The number of aromatic nitrogens is 2. The average molecular weight is 290 g/mol. The molecule has 5 nitrogen and oxygen atoms in total. The molecule has 116 valence electrons. The number of H-pyrrole nitrogens is 1. The quantitative estimate of drug-likeness (QED) is 0.918. The van der Waals surface area contributed by atoms with Crippen LogP contribution in [0.15, 0.2) is 12.5 Å². The van der Waals surface area contributed by atoms with Gasteiger partial charge in [0.05, 0.1) is 12.7 Å². The summed E-state index contributed by atoms with van der Waals surface area (Å²) in [5.74, 6) is 0.978. The van der Waals surface area contributed by atoms with Crippen molar-refractivity contribution in [2.45, 2.75) is 45.1 Å². The molecule has 3 rings (SSSR count). The number of carbonyl (C=O) groups excluding carboxylic acids is 1. The number of carbonyl (C=O) groups is 1. The van der Waals surface area contributed by atoms with E-state index < -0.39 is 0 Å². The first-order valence-corrected chi connectivity index (χ1v) is 8.23. The van der Waals surface area contributed by atoms with Gasteiger partial charge in [-0.05, 0) is 51.6 Å². The maximum Gasteiger partial charge on any atom is 0.228 e. The second-order valence-electron chi connectivity index (χ2n) is 6.46. The fourth-order valence-electron chi connectivity index (χ4n) is 3.73. The van der Waals surface area contributed by atoms with Crippen LogP contribution in [0.3, 0.4) is 0 Å². The highest BCUT2D eigenvalue weighted by molar-refractivity contribution is 5.78. The van der Waals surface area contributed by atoms with Gasteiger partial charge in [-0.15, -0.1) is 0 Å². The second-order valence-corrected chi connectivity index (χ2v) is 6.46. The average Bonchev–Trinajstić information content (AvgIpc) is 3.20. The highest BCUT2D eigenvalue weighted by Gasteiger charge is 2.30. The van der Waals surface area contributed by atoms with E-state index in [1.807, 2.05) is 4.90 Å². The van der Waals surface area contributed by atoms with Crippen LogP contribution in [-0.4, -0.2) is 57.9 Å². The van der Waals surface area contributed by atoms with Crippen LogP contribution in [-0.2, 0) is 11.2 Å². The van der Waals surface area contributed by atoms with E-state index in [1.165, 1.54) is 25.9 Å². The first-order valence-electron chi connectivity index (χ1n) is 8.23. The molecular formula is C16H26N4O. The predicted octanol–water partition coefficient (Wildman–Crippen LogP) is 1.68. The molecule has 0 unspecified atom stereocenters. The third kappa shape index (κ3) is 3.46. The molecule has 0 radical (unpaired) electrons. The molecular weight excluding hydrogens is 264 g/mol. The van der Waals surface area contributed by atoms with Crippen LogP contribution in [0.5, 0.6) is 0 Å². The Morgan fingerprint density at radius 1 is 1.33 bits per heavy atom. The molecule has 0 aromatic carbocycles. The molecule has 1 aromatic heterocycles. The van der Waals surface area contributed by atoms with Gasteiger partial charge in [-0.25, -0.2) is 4.98 Å². The van der Waals surface area contributed by atoms with Crippen LogP contribution in [0.2, 0.25) is 0 Å². The number of imidazole rings is 1. The molecule has 0 spiro atoms. The van der Waals surface area contributed by atoms with Crippen LogP contribution in [0.25, 0.3) is 0 Å². The first-order chi connectivity index (χ1) is 10.2. The summed E-state index contributed by atoms with van der Waals surface area (Å²) < 4.78 is 0. The summed E-state index contributed by atoms with van der Waals surface area (Å²) in [7, 11) is 0. The molecule has 0 aliphatic carbocycles. The molecule has 3 heterocycles. The Morgan fingerprint density at radius 3 is 2.67 bits per heavy atom. The smallest absolute Gasteiger partial charge is 0.228 e. The molecule has 2 saturated heterocycles. The number of nitrogens with zero attached hydrogens (tertiary/aromatic N) is 3. The lowest BCUT2D eigenvalue weighted by atomic mass is 9.89. The maximum absolute atomic E-state index is 12.3. The van der Waals surface area contributed by atoms with Gasteiger partial charge in [-0.1, -0.05) is 0 Å². The van der Waals surface area contributed by atoms with Crippen molar-refractivity contribution in [1.29, 1.82) is 0 Å². The van der Waals surface area contributed by atoms with Gasteiger partial charge in [-0.2, -0.15) is 0 Å². The van der Waals surface area contributed by atoms with Crippen molar-refractivity contribution in [2.24, 2.45) is 5.92 Å². The summed E-state index contributed by atoms with van der Waals surface area (Å²) in [4.78, 5) is 23.9. The SMILES string of the molecule is C[C@H](C1CCN(C(=O)Cc2cnc[nH]2)CC1)N1CCCC1. The van der Waals surface area contributed by atoms with Crippen LogP contribution in [0, 0.1) is 5.92 Å². The van der Waals surface area contributed by atoms with Crippen molar-refractivity contribution in [3.63, 3.8) is 0 Å². The zero-order valence-corrected chi connectivity index (χ0v) is 12.9. The number of hydrogen-bond acceptors (Lipinski definition) is 3. The molecule has 2 fully saturated rings. The highest BCUT2D eigenvalue weighted by Crippen LogP contribution is 2.26. The third-order valence-corrected chi connectivity index (χ3v) is 5.19. The molecule has 1 aromatic rings. The van der Waals surface area contributed by atoms with Crippen molar-refractivity contribution in [1.82, 2.24) is 19.8 Å². The van der Waals surface area contributed by atoms with Crippen LogP contribution >= 0.6 is 0 Å². The van der Waals surface area contributed by atoms with Gasteiger partial charge in [0.1, 0.15) is 0 Å². The Labute approximate surface area is 126 Å². The number of amides is 1. The molecule has 1 atom stereocenters. The molecule has 1 N–H and O–H groups in total. The highest BCUT2D eigenvalue weighted by atomic mass is 16.2. The van der Waals surface area contributed by atoms with E-state index in [0.717, 1.165) is 37.5 Å². The van der Waals surface area contributed by atoms with Gasteiger partial charge in [0.25, 0.3) is 0 Å². The largest absolute Gasteiger partial charge is 0.348 e. The summed E-state index contributed by atoms with van der Waals surface area (Å²) in [6.45, 7) is 6.73. The van der Waals surface area contributed by atoms with Crippen molar-refractivity contribution in [3.8, 4) is 0 Å². The fourth-order valence-corrected chi connectivity index (χ4v) is 3.73. The van der Waals surface area contributed by atoms with E-state index in [1.54, 1.807) is 12.5 Å². The molecule has 0 saturated carbocycles. The van der Waals surface area contributed by atoms with E-state index in [-0.39, 0.29) is 5.91 Å². The Bertz CT molecular complexity index is 445. The van der Waals surface area contributed by atoms with Crippen LogP contribution < -0.4 is 0 Å². The molecule has 2 aliphatic heterocycles. The lowest BCUT2D eigenvalue weighted by Crippen LogP contribution is -2.45. The molecule has 2 aliphatic rings. The zero-order chi connectivity index (χ0) is 14.7. The number of rotatable bonds is 4. The summed E-state index contributed by atoms with van der Waals surface area (Å²) >= 11 is 0. The Hall–Kier alpha value is -1.36. The number of likely N-dealkylation sites (tertiary alicyclic amines) is 2. The topological polar surface area (TPSA) is 52.2 Å². The number of aromatic amines is 1. The predicted molar refractivity (Wildman–Crippen MR) is 81.9 cm³/mol. The van der Waals surface area contributed by atoms with Gasteiger partial charge in [0, 0.05) is 31.0 Å². The second kappa shape index (κ2) is 6.60. The minimum atomic E-state index is 0.228. The van der Waals surface area contributed by atoms with Gasteiger partial charge >= 0.3 is 0 Å². The Morgan fingerprint density at radius 2 is 2.05 bits per heavy atom. The molecule has 0 bridgehead atoms. The normalized spacial score (nSPS) is 22.6. The van der Waals surface area contributed by atoms with E-state index in [9.17, 15) is 4.79 Å². The van der Waals surface area contributed by atoms with Crippen LogP contribution in [0.4, 0.5) is 0 Å². The van der Waals surface area contributed by atoms with Gasteiger partial charge in [0.2, 0.25) is 5.91 Å². The summed E-state index contributed by atoms with van der Waals surface area (Å²) in [5.41, 5.74) is 0.910. The maximum atomic E-state index is 12.3. The Kier molecular flexibility index (Phi) is 4.58. The minimum absolute atomic E-state index is 0.228. The monoisotopic (exact) mass is 290 g/mol. The molecule has 5 heteroatoms. The molecule has 1 amide bonds. The lowest BCUT2D eigenvalue weighted by molar-refractivity contribution is -0.132. The van der Waals surface area contributed by atoms with Crippen molar-refractivity contribution < 1.29 is 4.79 Å². The lowest BCUT2D eigenvalue weighted by Gasteiger charge is -2.38. The van der Waals surface area contributed by atoms with Crippen molar-refractivity contribution in [2.75, 3.05) is 26.2 Å². The number of hydrogen-bond donors (Lipinski definition) is 1. The number of piperidine rings is 1. The summed E-state index contributed by atoms with van der Waals surface area (Å²) in [6, 6.07) is 0.678. The third-order valence-electron chi connectivity index (χ3n) is 5.19. The van der Waals surface area contributed by atoms with E-state index in [0.29, 0.717) is 12.5 Å². The summed E-state index contributed by atoms with van der Waals surface area (Å²) in [6.07, 6.45) is 8.81. The van der Waals surface area contributed by atoms with Crippen molar-refractivity contribution >= 4 is 5.91 Å².